The summed E-state index contributed by atoms with van der Waals surface area (Å²) in [7, 11) is 0. The normalized spacial score (nSPS) is 10.2. The number of rotatable bonds is 5. The van der Waals surface area contributed by atoms with Crippen molar-refractivity contribution in [1.82, 2.24) is 0 Å². The van der Waals surface area contributed by atoms with Gasteiger partial charge in [-0.25, -0.2) is 0 Å². The first-order valence-corrected chi connectivity index (χ1v) is 7.48. The van der Waals surface area contributed by atoms with Crippen LogP contribution in [0.25, 0.3) is 0 Å². The Bertz CT molecular complexity index is 818. The van der Waals surface area contributed by atoms with Crippen molar-refractivity contribution < 1.29 is 14.3 Å². The Morgan fingerprint density at radius 3 is 2.46 bits per heavy atom. The summed E-state index contributed by atoms with van der Waals surface area (Å²) in [5.41, 5.74) is 2.02. The molecule has 0 bridgehead atoms. The van der Waals surface area contributed by atoms with Crippen molar-refractivity contribution in [3.63, 3.8) is 0 Å². The second-order valence-corrected chi connectivity index (χ2v) is 5.21. The number of anilines is 1. The van der Waals surface area contributed by atoms with Crippen LogP contribution in [0, 0.1) is 5.21 Å². The van der Waals surface area contributed by atoms with Gasteiger partial charge in [-0.05, 0) is 35.9 Å². The van der Waals surface area contributed by atoms with E-state index in [-0.39, 0.29) is 5.91 Å². The zero-order chi connectivity index (χ0) is 16.8. The van der Waals surface area contributed by atoms with Crippen LogP contribution in [0.1, 0.15) is 15.9 Å². The van der Waals surface area contributed by atoms with Crippen LogP contribution in [-0.2, 0) is 6.61 Å². The summed E-state index contributed by atoms with van der Waals surface area (Å²) in [5.74, 6) is 0.382. The van der Waals surface area contributed by atoms with E-state index in [1.165, 1.54) is 18.5 Å². The molecule has 3 aromatic rings. The molecule has 1 aromatic heterocycles. The molecule has 0 aliphatic heterocycles. The average Bonchev–Trinajstić information content (AvgIpc) is 2.62. The summed E-state index contributed by atoms with van der Waals surface area (Å²) in [6.45, 7) is 0.486. The maximum atomic E-state index is 12.1. The minimum Gasteiger partial charge on any atom is -0.619 e. The Morgan fingerprint density at radius 2 is 1.75 bits per heavy atom. The Hall–Kier alpha value is -3.34. The van der Waals surface area contributed by atoms with Crippen molar-refractivity contribution in [3.8, 4) is 5.75 Å². The zero-order valence-electron chi connectivity index (χ0n) is 12.9. The van der Waals surface area contributed by atoms with Crippen molar-refractivity contribution in [1.29, 1.82) is 0 Å². The predicted molar refractivity (Wildman–Crippen MR) is 90.6 cm³/mol. The third-order valence-corrected chi connectivity index (χ3v) is 3.40. The molecule has 0 spiro atoms. The molecule has 0 fully saturated rings. The fourth-order valence-electron chi connectivity index (χ4n) is 2.17. The van der Waals surface area contributed by atoms with E-state index in [1.807, 2.05) is 30.3 Å². The minimum absolute atomic E-state index is 0.303. The number of nitrogens with one attached hydrogen (secondary N) is 1. The summed E-state index contributed by atoms with van der Waals surface area (Å²) in [6.07, 6.45) is 2.56. The first-order chi connectivity index (χ1) is 11.7. The van der Waals surface area contributed by atoms with Crippen LogP contribution in [0.5, 0.6) is 5.75 Å². The largest absolute Gasteiger partial charge is 0.619 e. The highest BCUT2D eigenvalue weighted by molar-refractivity contribution is 6.03. The number of hydrogen-bond acceptors (Lipinski definition) is 3. The quantitative estimate of drug-likeness (QED) is 0.580. The third-order valence-electron chi connectivity index (χ3n) is 3.40. The molecular weight excluding hydrogens is 304 g/mol. The van der Waals surface area contributed by atoms with Gasteiger partial charge in [0.1, 0.15) is 17.9 Å². The number of hydrogen-bond donors (Lipinski definition) is 1. The molecule has 0 radical (unpaired) electrons. The maximum Gasteiger partial charge on any atom is 0.261 e. The second-order valence-electron chi connectivity index (χ2n) is 5.21. The van der Waals surface area contributed by atoms with E-state index < -0.39 is 0 Å². The van der Waals surface area contributed by atoms with Crippen LogP contribution in [0.2, 0.25) is 0 Å². The molecule has 0 saturated heterocycles. The van der Waals surface area contributed by atoms with Crippen LogP contribution in [-0.4, -0.2) is 5.91 Å². The number of ether oxygens (including phenoxy) is 1. The summed E-state index contributed by atoms with van der Waals surface area (Å²) in [5, 5.41) is 13.9. The lowest BCUT2D eigenvalue weighted by Crippen LogP contribution is -2.27. The highest BCUT2D eigenvalue weighted by Gasteiger charge is 2.09. The van der Waals surface area contributed by atoms with Gasteiger partial charge in [-0.3, -0.25) is 4.79 Å². The van der Waals surface area contributed by atoms with Crippen molar-refractivity contribution in [2.75, 3.05) is 5.32 Å². The number of aromatic nitrogens is 1. The monoisotopic (exact) mass is 320 g/mol. The molecule has 24 heavy (non-hydrogen) atoms. The van der Waals surface area contributed by atoms with E-state index in [2.05, 4.69) is 5.32 Å². The number of nitrogens with zero attached hydrogens (tertiary/aromatic N) is 1. The van der Waals surface area contributed by atoms with Crippen molar-refractivity contribution >= 4 is 11.6 Å². The predicted octanol–water partition coefficient (Wildman–Crippen LogP) is 3.15. The van der Waals surface area contributed by atoms with Crippen LogP contribution in [0.3, 0.4) is 0 Å². The Kier molecular flexibility index (Phi) is 4.72. The van der Waals surface area contributed by atoms with Gasteiger partial charge >= 0.3 is 0 Å². The summed E-state index contributed by atoms with van der Waals surface area (Å²) >= 11 is 0. The van der Waals surface area contributed by atoms with E-state index in [4.69, 9.17) is 4.74 Å². The lowest BCUT2D eigenvalue weighted by atomic mass is 10.2. The number of benzene rings is 2. The molecule has 0 aliphatic carbocycles. The van der Waals surface area contributed by atoms with Gasteiger partial charge in [0.15, 0.2) is 12.4 Å². The number of amides is 1. The molecule has 1 amide bonds. The highest BCUT2D eigenvalue weighted by atomic mass is 16.5. The number of carbonyl (C=O) groups is 1. The van der Waals surface area contributed by atoms with Gasteiger partial charge in [-0.2, -0.15) is 4.73 Å². The van der Waals surface area contributed by atoms with Crippen LogP contribution >= 0.6 is 0 Å². The van der Waals surface area contributed by atoms with Crippen LogP contribution < -0.4 is 14.8 Å². The SMILES string of the molecule is O=C(Nc1ccc(OCc2ccccc2)cc1)c1ccc[n+]([O-])c1. The van der Waals surface area contributed by atoms with E-state index in [0.717, 1.165) is 5.56 Å². The Labute approximate surface area is 139 Å². The van der Waals surface area contributed by atoms with Gasteiger partial charge in [-0.1, -0.05) is 30.3 Å². The van der Waals surface area contributed by atoms with Gasteiger partial charge in [0.25, 0.3) is 5.91 Å². The Balaban J connectivity index is 1.59. The van der Waals surface area contributed by atoms with Crippen molar-refractivity contribution in [3.05, 3.63) is 95.5 Å². The summed E-state index contributed by atoms with van der Waals surface area (Å²) in [6, 6.07) is 20.1. The molecule has 0 unspecified atom stereocenters. The molecule has 5 nitrogen and oxygen atoms in total. The summed E-state index contributed by atoms with van der Waals surface area (Å²) in [4.78, 5) is 12.1. The molecule has 3 rings (SSSR count). The van der Waals surface area contributed by atoms with Crippen LogP contribution in [0.15, 0.2) is 79.1 Å². The van der Waals surface area contributed by atoms with E-state index in [9.17, 15) is 10.0 Å². The fraction of sp³-hybridized carbons (Fsp3) is 0.0526. The van der Waals surface area contributed by atoms with Gasteiger partial charge in [0, 0.05) is 11.8 Å². The van der Waals surface area contributed by atoms with E-state index >= 15 is 0 Å². The molecule has 1 N–H and O–H groups in total. The second kappa shape index (κ2) is 7.28. The highest BCUT2D eigenvalue weighted by Crippen LogP contribution is 2.17. The molecule has 120 valence electrons. The standard InChI is InChI=1S/C19H16N2O3/c22-19(16-7-4-12-21(23)13-16)20-17-8-10-18(11-9-17)24-14-15-5-2-1-3-6-15/h1-13H,14H2,(H,20,22). The van der Waals surface area contributed by atoms with Crippen molar-refractivity contribution in [2.45, 2.75) is 6.61 Å². The molecule has 0 saturated carbocycles. The smallest absolute Gasteiger partial charge is 0.261 e. The first-order valence-electron chi connectivity index (χ1n) is 7.48. The zero-order valence-corrected chi connectivity index (χ0v) is 12.9. The molecule has 0 aliphatic rings. The first kappa shape index (κ1) is 15.6. The molecule has 0 atom stereocenters. The summed E-state index contributed by atoms with van der Waals surface area (Å²) < 4.78 is 6.29. The number of pyridine rings is 1. The number of carbonyl (C=O) groups excluding carboxylic acids is 1. The molecule has 1 heterocycles. The third kappa shape index (κ3) is 4.10. The lowest BCUT2D eigenvalue weighted by molar-refractivity contribution is -0.605. The molecule has 2 aromatic carbocycles. The van der Waals surface area contributed by atoms with Gasteiger partial charge in [0.05, 0.1) is 0 Å². The lowest BCUT2D eigenvalue weighted by Gasteiger charge is -2.08. The minimum atomic E-state index is -0.335. The Morgan fingerprint density at radius 1 is 1.00 bits per heavy atom. The molecule has 5 heteroatoms. The fourth-order valence-corrected chi connectivity index (χ4v) is 2.17. The van der Waals surface area contributed by atoms with Gasteiger partial charge in [0.2, 0.25) is 0 Å². The molecular formula is C19H16N2O3. The topological polar surface area (TPSA) is 65.3 Å². The maximum absolute atomic E-state index is 12.1. The van der Waals surface area contributed by atoms with Crippen molar-refractivity contribution in [2.24, 2.45) is 0 Å². The van der Waals surface area contributed by atoms with E-state index in [1.54, 1.807) is 30.3 Å². The van der Waals surface area contributed by atoms with Gasteiger partial charge in [-0.15, -0.1) is 0 Å². The van der Waals surface area contributed by atoms with Crippen LogP contribution in [0.4, 0.5) is 5.69 Å². The van der Waals surface area contributed by atoms with E-state index in [0.29, 0.717) is 28.3 Å². The average molecular weight is 320 g/mol. The van der Waals surface area contributed by atoms with Gasteiger partial charge < -0.3 is 15.3 Å².